The highest BCUT2D eigenvalue weighted by Crippen LogP contribution is 2.46. The zero-order chi connectivity index (χ0) is 37.4. The second-order valence-electron chi connectivity index (χ2n) is 13.2. The third kappa shape index (κ3) is 8.88. The number of carbonyl (C=O) groups is 1. The molecule has 3 aromatic rings. The molecule has 0 saturated carbocycles. The third-order valence-corrected chi connectivity index (χ3v) is 9.98. The summed E-state index contributed by atoms with van der Waals surface area (Å²) in [6, 6.07) is 11.2. The normalized spacial score (nSPS) is 24.8. The van der Waals surface area contributed by atoms with Gasteiger partial charge >= 0.3 is 5.97 Å². The van der Waals surface area contributed by atoms with E-state index in [2.05, 4.69) is 10.3 Å². The van der Waals surface area contributed by atoms with Crippen LogP contribution in [0.4, 0.5) is 5.82 Å². The summed E-state index contributed by atoms with van der Waals surface area (Å²) in [5.74, 6) is -2.68. The molecule has 52 heavy (non-hydrogen) atoms. The predicted octanol–water partition coefficient (Wildman–Crippen LogP) is 3.26. The first-order valence-electron chi connectivity index (χ1n) is 17.5. The Bertz CT molecular complexity index is 1690. The number of carboxylic acid groups (broad SMARTS) is 1. The summed E-state index contributed by atoms with van der Waals surface area (Å²) in [5.41, 5.74) is 8.20. The molecular weight excluding hydrogens is 674 g/mol. The van der Waals surface area contributed by atoms with Crippen molar-refractivity contribution >= 4 is 11.8 Å². The Morgan fingerprint density at radius 2 is 1.83 bits per heavy atom. The van der Waals surface area contributed by atoms with Crippen LogP contribution >= 0.6 is 0 Å². The van der Waals surface area contributed by atoms with Crippen molar-refractivity contribution in [3.8, 4) is 28.7 Å². The molecule has 5 rings (SSSR count). The van der Waals surface area contributed by atoms with Crippen LogP contribution in [0.1, 0.15) is 54.9 Å². The molecule has 14 heteroatoms. The quantitative estimate of drug-likeness (QED) is 0.0739. The van der Waals surface area contributed by atoms with Crippen LogP contribution in [0.25, 0.3) is 0 Å². The number of methoxy groups -OCH3 is 1. The maximum atomic E-state index is 12.4. The van der Waals surface area contributed by atoms with Gasteiger partial charge in [-0.3, -0.25) is 4.79 Å². The van der Waals surface area contributed by atoms with Gasteiger partial charge in [-0.1, -0.05) is 25.1 Å². The van der Waals surface area contributed by atoms with Gasteiger partial charge in [-0.25, -0.2) is 4.98 Å². The fourth-order valence-electron chi connectivity index (χ4n) is 7.49. The molecule has 0 bridgehead atoms. The molecule has 0 amide bonds. The number of likely N-dealkylation sites (N-methyl/N-ethyl adjacent to an activating group) is 1. The summed E-state index contributed by atoms with van der Waals surface area (Å²) < 4.78 is 23.5. The largest absolute Gasteiger partial charge is 0.504 e. The monoisotopic (exact) mass is 723 g/mol. The zero-order valence-corrected chi connectivity index (χ0v) is 29.3. The first kappa shape index (κ1) is 38.6. The highest BCUT2D eigenvalue weighted by atomic mass is 16.6. The highest BCUT2D eigenvalue weighted by molar-refractivity contribution is 5.74. The van der Waals surface area contributed by atoms with Gasteiger partial charge in [0.05, 0.1) is 31.3 Å². The second kappa shape index (κ2) is 17.8. The van der Waals surface area contributed by atoms with Crippen molar-refractivity contribution in [3.63, 3.8) is 0 Å². The number of aliphatic carboxylic acids is 1. The number of hydrogen-bond acceptors (Lipinski definition) is 13. The lowest BCUT2D eigenvalue weighted by atomic mass is 9.79. The van der Waals surface area contributed by atoms with Gasteiger partial charge in [0.1, 0.15) is 12.4 Å². The molecule has 8 unspecified atom stereocenters. The molecule has 9 N–H and O–H groups in total. The lowest BCUT2D eigenvalue weighted by molar-refractivity contribution is -0.144. The number of pyridine rings is 1. The van der Waals surface area contributed by atoms with Crippen molar-refractivity contribution in [3.05, 3.63) is 77.5 Å². The third-order valence-electron chi connectivity index (χ3n) is 9.98. The Morgan fingerprint density at radius 3 is 2.52 bits per heavy atom. The van der Waals surface area contributed by atoms with E-state index in [1.54, 1.807) is 42.6 Å². The van der Waals surface area contributed by atoms with E-state index in [-0.39, 0.29) is 54.3 Å². The van der Waals surface area contributed by atoms with Crippen LogP contribution in [0, 0.1) is 17.8 Å². The molecule has 2 heterocycles. The summed E-state index contributed by atoms with van der Waals surface area (Å²) in [7, 11) is 1.41. The van der Waals surface area contributed by atoms with E-state index in [0.717, 1.165) is 11.1 Å². The fraction of sp³-hybridized carbons (Fsp3) is 0.474. The van der Waals surface area contributed by atoms with E-state index < -0.39 is 54.9 Å². The zero-order valence-electron chi connectivity index (χ0n) is 29.3. The number of benzene rings is 2. The number of aromatic nitrogens is 1. The number of carboxylic acids is 1. The summed E-state index contributed by atoms with van der Waals surface area (Å²) in [6.45, 7) is 1.67. The predicted molar refractivity (Wildman–Crippen MR) is 190 cm³/mol. The molecule has 1 aliphatic carbocycles. The Morgan fingerprint density at radius 1 is 1.04 bits per heavy atom. The molecule has 2 aromatic carbocycles. The number of aryl methyl sites for hydroxylation is 1. The first-order chi connectivity index (χ1) is 25.1. The van der Waals surface area contributed by atoms with E-state index >= 15 is 0 Å². The topological polar surface area (TPSA) is 226 Å². The minimum Gasteiger partial charge on any atom is -0.504 e. The number of aliphatic hydroxyl groups excluding tert-OH is 3. The number of phenolic OH excluding ortho intramolecular Hbond substituents is 2. The van der Waals surface area contributed by atoms with E-state index in [9.17, 15) is 30.3 Å². The SMILES string of the molecule is CCNC(COc1cc(C2OC(CCc3ccc(O)c(OCO)c3)CC(O)C2CCO)cc(OC)c1O)C1C(C(=O)O)C=CC1c1ccnc(N)c1. The highest BCUT2D eigenvalue weighted by Gasteiger charge is 2.43. The number of rotatable bonds is 17. The maximum Gasteiger partial charge on any atom is 0.310 e. The molecule has 0 spiro atoms. The van der Waals surface area contributed by atoms with Crippen LogP contribution in [-0.2, 0) is 16.0 Å². The van der Waals surface area contributed by atoms with Gasteiger partial charge in [-0.2, -0.15) is 0 Å². The van der Waals surface area contributed by atoms with Crippen LogP contribution in [0.2, 0.25) is 0 Å². The second-order valence-corrected chi connectivity index (χ2v) is 13.2. The van der Waals surface area contributed by atoms with Gasteiger partial charge in [0.15, 0.2) is 29.8 Å². The number of phenols is 2. The number of nitrogen functional groups attached to an aromatic ring is 1. The average molecular weight is 724 g/mol. The van der Waals surface area contributed by atoms with E-state index in [1.165, 1.54) is 13.2 Å². The van der Waals surface area contributed by atoms with Crippen molar-refractivity contribution in [1.29, 1.82) is 0 Å². The van der Waals surface area contributed by atoms with Gasteiger partial charge in [-0.05, 0) is 85.3 Å². The molecule has 1 fully saturated rings. The van der Waals surface area contributed by atoms with E-state index in [4.69, 9.17) is 29.8 Å². The summed E-state index contributed by atoms with van der Waals surface area (Å²) in [4.78, 5) is 16.5. The Balaban J connectivity index is 1.40. The molecule has 1 aliphatic heterocycles. The van der Waals surface area contributed by atoms with Gasteiger partial charge in [-0.15, -0.1) is 0 Å². The van der Waals surface area contributed by atoms with Crippen molar-refractivity contribution in [1.82, 2.24) is 10.3 Å². The van der Waals surface area contributed by atoms with Crippen molar-refractivity contribution in [2.45, 2.75) is 62.9 Å². The van der Waals surface area contributed by atoms with Gasteiger partial charge < -0.3 is 60.6 Å². The smallest absolute Gasteiger partial charge is 0.310 e. The number of ether oxygens (including phenoxy) is 4. The Hall–Kier alpha value is -4.60. The molecule has 1 aromatic heterocycles. The molecule has 282 valence electrons. The van der Waals surface area contributed by atoms with Crippen LogP contribution in [-0.4, -0.2) is 93.5 Å². The summed E-state index contributed by atoms with van der Waals surface area (Å²) >= 11 is 0. The molecule has 2 aliphatic rings. The fourth-order valence-corrected chi connectivity index (χ4v) is 7.49. The number of nitrogens with zero attached hydrogens (tertiary/aromatic N) is 1. The molecule has 0 radical (unpaired) electrons. The lowest BCUT2D eigenvalue weighted by Gasteiger charge is -2.40. The van der Waals surface area contributed by atoms with Gasteiger partial charge in [0.25, 0.3) is 0 Å². The number of aromatic hydroxyl groups is 2. The summed E-state index contributed by atoms with van der Waals surface area (Å²) in [6.07, 6.45) is 4.86. The van der Waals surface area contributed by atoms with Crippen LogP contribution in [0.15, 0.2) is 60.8 Å². The number of hydrogen-bond donors (Lipinski definition) is 8. The minimum atomic E-state index is -0.970. The minimum absolute atomic E-state index is 0.00729. The van der Waals surface area contributed by atoms with Crippen molar-refractivity contribution in [2.24, 2.45) is 17.8 Å². The standard InChI is InChI=1S/C38H49N3O11/c1-3-40-28(35-25(7-8-27(35)38(47)48)22-10-12-41-34(39)17-22)19-50-33-16-23(15-32(49-2)36(33)46)37-26(11-13-42)30(45)18-24(52-37)6-4-21-5-9-29(44)31(14-21)51-20-43/h5,7-10,12,14-17,24-28,30,35,37,40,42-46H,3-4,6,11,13,18-20H2,1-2H3,(H2,39,41)(H,47,48). The Kier molecular flexibility index (Phi) is 13.2. The molecule has 1 saturated heterocycles. The Labute approximate surface area is 302 Å². The summed E-state index contributed by atoms with van der Waals surface area (Å²) in [5, 5.41) is 65.1. The van der Waals surface area contributed by atoms with E-state index in [0.29, 0.717) is 37.2 Å². The average Bonchev–Trinajstić information content (AvgIpc) is 3.58. The van der Waals surface area contributed by atoms with Crippen LogP contribution in [0.3, 0.4) is 0 Å². The van der Waals surface area contributed by atoms with Gasteiger partial charge in [0, 0.05) is 36.6 Å². The lowest BCUT2D eigenvalue weighted by Crippen LogP contribution is -2.46. The van der Waals surface area contributed by atoms with Crippen molar-refractivity contribution < 1.29 is 54.4 Å². The molecule has 14 nitrogen and oxygen atoms in total. The number of anilines is 1. The number of nitrogens with one attached hydrogen (secondary N) is 1. The van der Waals surface area contributed by atoms with Crippen LogP contribution in [0.5, 0.6) is 28.7 Å². The molecule has 8 atom stereocenters. The van der Waals surface area contributed by atoms with Gasteiger partial charge in [0.2, 0.25) is 5.75 Å². The van der Waals surface area contributed by atoms with E-state index in [1.807, 2.05) is 19.1 Å². The molecular formula is C38H49N3O11. The first-order valence-corrected chi connectivity index (χ1v) is 17.5. The number of aliphatic hydroxyl groups is 3. The van der Waals surface area contributed by atoms with Crippen molar-refractivity contribution in [2.75, 3.05) is 39.4 Å². The van der Waals surface area contributed by atoms with Crippen LogP contribution < -0.4 is 25.3 Å². The number of nitrogens with two attached hydrogens (primary N) is 1. The maximum absolute atomic E-state index is 12.4. The number of allylic oxidation sites excluding steroid dienone is 1.